The van der Waals surface area contributed by atoms with E-state index in [1.165, 1.54) is 0 Å². The maximum atomic E-state index is 15.3. The van der Waals surface area contributed by atoms with E-state index in [0.717, 1.165) is 35.4 Å². The molecule has 2 heterocycles. The van der Waals surface area contributed by atoms with Crippen LogP contribution in [-0.4, -0.2) is 218 Å². The van der Waals surface area contributed by atoms with Gasteiger partial charge in [-0.25, -0.2) is 4.79 Å². The summed E-state index contributed by atoms with van der Waals surface area (Å²) in [6, 6.07) is 12.3. The van der Waals surface area contributed by atoms with E-state index in [4.69, 9.17) is 22.9 Å². The molecule has 0 aliphatic carbocycles. The molecule has 35 heteroatoms. The number of carboxylic acid groups (broad SMARTS) is 1. The van der Waals surface area contributed by atoms with Crippen LogP contribution in [0.2, 0.25) is 0 Å². The Morgan fingerprint density at radius 3 is 1.28 bits per heavy atom. The predicted octanol–water partition coefficient (Wildman–Crippen LogP) is -3.14. The molecule has 0 saturated carbocycles. The van der Waals surface area contributed by atoms with Crippen LogP contribution in [0.4, 0.5) is 0 Å². The number of aliphatic carboxylic acids is 1. The number of aromatic nitrogens is 1. The molecular weight excluding hydrogens is 1430 g/mol. The highest BCUT2D eigenvalue weighted by atomic mass is 33.1. The Hall–Kier alpha value is -10.0. The molecule has 107 heavy (non-hydrogen) atoms. The number of aliphatic hydroxyl groups is 3. The minimum atomic E-state index is -1.92. The fraction of sp³-hybridized carbons (Fsp3) is 0.458. The first-order chi connectivity index (χ1) is 51.2. The van der Waals surface area contributed by atoms with E-state index in [1.54, 1.807) is 121 Å². The first-order valence-corrected chi connectivity index (χ1v) is 37.6. The van der Waals surface area contributed by atoms with Crippen LogP contribution >= 0.6 is 21.6 Å². The number of nitrogens with one attached hydrogen (secondary N) is 12. The van der Waals surface area contributed by atoms with Gasteiger partial charge in [-0.15, -0.1) is 0 Å². The third-order valence-corrected chi connectivity index (χ3v) is 19.9. The van der Waals surface area contributed by atoms with Crippen LogP contribution < -0.4 is 81.4 Å². The summed E-state index contributed by atoms with van der Waals surface area (Å²) in [7, 11) is 2.08. The number of amides is 12. The summed E-state index contributed by atoms with van der Waals surface area (Å²) in [5.74, 6) is -14.2. The Bertz CT molecular complexity index is 3810. The number of carboxylic acids is 1. The van der Waals surface area contributed by atoms with Gasteiger partial charge in [-0.1, -0.05) is 131 Å². The van der Waals surface area contributed by atoms with Crippen molar-refractivity contribution in [1.29, 1.82) is 0 Å². The quantitative estimate of drug-likeness (QED) is 0.0240. The number of hydrogen-bond donors (Lipinski definition) is 20. The number of rotatable bonds is 22. The van der Waals surface area contributed by atoms with Crippen molar-refractivity contribution in [2.24, 2.45) is 22.9 Å². The molecule has 1 fully saturated rings. The van der Waals surface area contributed by atoms with Crippen molar-refractivity contribution in [3.8, 4) is 0 Å². The molecule has 1 aliphatic rings. The number of carbonyl (C=O) groups is 13. The predicted molar refractivity (Wildman–Crippen MR) is 399 cm³/mol. The smallest absolute Gasteiger partial charge is 0.326 e. The van der Waals surface area contributed by atoms with E-state index in [1.807, 2.05) is 0 Å². The zero-order valence-electron chi connectivity index (χ0n) is 59.4. The number of carbonyl (C=O) groups excluding carboxylic acids is 12. The zero-order chi connectivity index (χ0) is 78.1. The number of benzene rings is 4. The molecule has 4 aromatic carbocycles. The lowest BCUT2D eigenvalue weighted by atomic mass is 10.00. The Balaban J connectivity index is 1.42. The summed E-state index contributed by atoms with van der Waals surface area (Å²) in [6.07, 6.45) is -2.94. The van der Waals surface area contributed by atoms with Gasteiger partial charge in [0.2, 0.25) is 70.9 Å². The van der Waals surface area contributed by atoms with Gasteiger partial charge in [0, 0.05) is 54.3 Å². The van der Waals surface area contributed by atoms with Crippen LogP contribution in [0.15, 0.2) is 121 Å². The van der Waals surface area contributed by atoms with Crippen molar-refractivity contribution in [2.75, 3.05) is 31.2 Å². The van der Waals surface area contributed by atoms with E-state index in [9.17, 15) is 68.4 Å². The summed E-state index contributed by atoms with van der Waals surface area (Å²) >= 11 is 0. The van der Waals surface area contributed by atoms with Gasteiger partial charge in [0.25, 0.3) is 0 Å². The molecule has 1 aromatic heterocycles. The third-order valence-electron chi connectivity index (χ3n) is 17.4. The van der Waals surface area contributed by atoms with Crippen molar-refractivity contribution < 1.29 is 82.8 Å². The highest BCUT2D eigenvalue weighted by Crippen LogP contribution is 2.24. The number of H-pyrrole nitrogens is 1. The topological polar surface area (TPSA) is 555 Å². The van der Waals surface area contributed by atoms with Crippen LogP contribution in [-0.2, 0) is 88.0 Å². The number of aliphatic hydroxyl groups excluding tert-OH is 3. The summed E-state index contributed by atoms with van der Waals surface area (Å²) in [6.45, 7) is 1.50. The van der Waals surface area contributed by atoms with Crippen LogP contribution in [0, 0.1) is 0 Å². The normalized spacial score (nSPS) is 24.6. The van der Waals surface area contributed by atoms with Crippen LogP contribution in [0.1, 0.15) is 87.5 Å². The Kier molecular flexibility index (Phi) is 35.5. The highest BCUT2D eigenvalue weighted by Gasteiger charge is 2.39. The number of hydrogen-bond acceptors (Lipinski definition) is 21. The lowest BCUT2D eigenvalue weighted by Crippen LogP contribution is -2.63. The standard InChI is InChI=1S/C72H98N16O17S2/c1-40(90)59-70(102)85-54(34-44-22-10-5-11-23-44)68(100)88-60(41(2)91)71(103)86-57(38-89)69(101)80-51(72(104)105)28-31-106-107-39-47(75)61(93)78-49(26-14-16-29-73)62(94)84-56(36-58(76)92)67(99)82-52(32-42-18-6-3-7-19-42)64(96)81-53(33-43-20-8-4-9-21-43)65(97)83-55(35-45-37-77-48-25-13-12-24-46(45)48)66(98)79-50(63(95)87-59)27-15-17-30-74/h3-13,18-25,37,40-41,47,49-57,59-60,77,89-91H,14-17,26-36,38-39,73-75H2,1-2H3,(H2,76,92)(H,78,93)(H,79,98)(H,80,101)(H,81,96)(H,82,99)(H,83,97)(H,84,94)(H,85,102)(H,86,103)(H,87,95)(H,88,100)(H,104,105)/t40?,41-,47-,49+,50+,51-,52+,53+,54+,55+,56+,57+,59?,60+/m0/s1. The molecule has 33 nitrogen and oxygen atoms in total. The van der Waals surface area contributed by atoms with E-state index in [0.29, 0.717) is 46.0 Å². The third kappa shape index (κ3) is 28.0. The van der Waals surface area contributed by atoms with E-state index in [2.05, 4.69) is 63.5 Å². The largest absolute Gasteiger partial charge is 0.480 e. The first-order valence-electron chi connectivity index (χ1n) is 35.1. The number of para-hydroxylation sites is 1. The van der Waals surface area contributed by atoms with Gasteiger partial charge in [0.1, 0.15) is 66.5 Å². The minimum Gasteiger partial charge on any atom is -0.480 e. The monoisotopic (exact) mass is 1520 g/mol. The molecule has 24 N–H and O–H groups in total. The lowest BCUT2D eigenvalue weighted by Gasteiger charge is -2.29. The molecule has 6 rings (SSSR count). The molecule has 2 unspecified atom stereocenters. The molecule has 1 aliphatic heterocycles. The summed E-state index contributed by atoms with van der Waals surface area (Å²) < 4.78 is 0. The van der Waals surface area contributed by atoms with Gasteiger partial charge < -0.3 is 107 Å². The summed E-state index contributed by atoms with van der Waals surface area (Å²) in [5, 5.41) is 71.2. The van der Waals surface area contributed by atoms with Crippen molar-refractivity contribution in [3.05, 3.63) is 144 Å². The molecule has 580 valence electrons. The molecule has 0 spiro atoms. The second-order valence-corrected chi connectivity index (χ2v) is 28.5. The van der Waals surface area contributed by atoms with Gasteiger partial charge >= 0.3 is 5.97 Å². The summed E-state index contributed by atoms with van der Waals surface area (Å²) in [5.41, 5.74) is 26.3. The fourth-order valence-corrected chi connectivity index (χ4v) is 13.7. The Morgan fingerprint density at radius 2 is 0.832 bits per heavy atom. The molecular formula is C72H98N16O17S2. The van der Waals surface area contributed by atoms with Gasteiger partial charge in [0.05, 0.1) is 31.3 Å². The summed E-state index contributed by atoms with van der Waals surface area (Å²) in [4.78, 5) is 188. The molecule has 1 saturated heterocycles. The Labute approximate surface area is 626 Å². The van der Waals surface area contributed by atoms with Crippen LogP contribution in [0.25, 0.3) is 10.9 Å². The highest BCUT2D eigenvalue weighted by molar-refractivity contribution is 8.76. The number of fused-ring (bicyclic) bond motifs is 1. The van der Waals surface area contributed by atoms with Crippen LogP contribution in [0.5, 0.6) is 0 Å². The van der Waals surface area contributed by atoms with Gasteiger partial charge in [-0.2, -0.15) is 0 Å². The molecule has 12 amide bonds. The Morgan fingerprint density at radius 1 is 0.458 bits per heavy atom. The number of aromatic amines is 1. The lowest BCUT2D eigenvalue weighted by molar-refractivity contribution is -0.142. The first kappa shape index (κ1) is 85.9. The van der Waals surface area contributed by atoms with Crippen LogP contribution in [0.3, 0.4) is 0 Å². The maximum Gasteiger partial charge on any atom is 0.326 e. The second kappa shape index (κ2) is 44.2. The number of unbranched alkanes of at least 4 members (excludes halogenated alkanes) is 2. The second-order valence-electron chi connectivity index (χ2n) is 25.9. The van der Waals surface area contributed by atoms with Crippen molar-refractivity contribution in [2.45, 2.75) is 176 Å². The van der Waals surface area contributed by atoms with Gasteiger partial charge in [-0.05, 0) is 100 Å². The molecule has 0 radical (unpaired) electrons. The van der Waals surface area contributed by atoms with E-state index >= 15 is 14.4 Å². The molecule has 14 atom stereocenters. The number of primary amides is 1. The van der Waals surface area contributed by atoms with Crippen molar-refractivity contribution in [1.82, 2.24) is 63.5 Å². The minimum absolute atomic E-state index is 0.0000436. The van der Waals surface area contributed by atoms with Crippen molar-refractivity contribution in [3.63, 3.8) is 0 Å². The van der Waals surface area contributed by atoms with E-state index < -0.39 is 175 Å². The van der Waals surface area contributed by atoms with E-state index in [-0.39, 0.29) is 82.4 Å². The van der Waals surface area contributed by atoms with Crippen molar-refractivity contribution >= 4 is 109 Å². The average Bonchev–Trinajstić information content (AvgIpc) is 1.77. The number of nitrogens with two attached hydrogens (primary N) is 4. The maximum absolute atomic E-state index is 15.3. The fourth-order valence-electron chi connectivity index (χ4n) is 11.5. The molecule has 5 aromatic rings. The van der Waals surface area contributed by atoms with Gasteiger partial charge in [0.15, 0.2) is 0 Å². The average molecular weight is 1520 g/mol. The SMILES string of the molecule is CC(O)C1NC(=O)[C@@H](CCCCN)NC(=O)[C@@H](Cc2c[nH]c3ccccc23)NC(=O)[C@@H](Cc2ccccc2)NC(=O)[C@@H](Cc2ccccc2)NC(=O)[C@@H](CC(N)=O)NC(=O)[C@@H](CCCCN)NC(=O)[C@@H](N)CSSCC[C@@H](C(=O)O)NC(=O)[C@@H](CO)NC(=O)[C@@H]([C@H](C)O)NC(=O)[C@@H](Cc2ccccc2)NC1=O. The zero-order valence-corrected chi connectivity index (χ0v) is 61.0. The van der Waals surface area contributed by atoms with Gasteiger partial charge in [-0.3, -0.25) is 57.5 Å². The molecule has 0 bridgehead atoms.